The van der Waals surface area contributed by atoms with Crippen molar-refractivity contribution in [1.82, 2.24) is 9.97 Å². The molecule has 1 aromatic rings. The predicted molar refractivity (Wildman–Crippen MR) is 34.6 cm³/mol. The lowest BCUT2D eigenvalue weighted by Gasteiger charge is -2.04. The predicted octanol–water partition coefficient (Wildman–Crippen LogP) is 1.10. The molecule has 0 fully saturated rings. The highest BCUT2D eigenvalue weighted by Crippen LogP contribution is 2.26. The molecule has 0 atom stereocenters. The number of aromatic amines is 1. The van der Waals surface area contributed by atoms with E-state index in [2.05, 4.69) is 9.97 Å². The molecule has 6 heteroatoms. The summed E-state index contributed by atoms with van der Waals surface area (Å²) < 4.78 is 35.8. The number of aromatic nitrogens is 2. The van der Waals surface area contributed by atoms with Crippen LogP contribution in [-0.4, -0.2) is 9.97 Å². The van der Waals surface area contributed by atoms with Gasteiger partial charge in [-0.05, 0) is 13.0 Å². The lowest BCUT2D eigenvalue weighted by molar-refractivity contribution is -0.141. The van der Waals surface area contributed by atoms with Crippen LogP contribution in [0.1, 0.15) is 11.4 Å². The molecule has 0 aliphatic heterocycles. The van der Waals surface area contributed by atoms with Crippen LogP contribution in [0.2, 0.25) is 0 Å². The average molecular weight is 178 g/mol. The fraction of sp³-hybridized carbons (Fsp3) is 0.333. The molecule has 0 aliphatic carbocycles. The standard InChI is InChI=1S/C6H5F3N2O/c1-3-2-4(6(7,8)9)11-5(12)10-3/h2H,1H3,(H,10,11,12). The molecule has 66 valence electrons. The van der Waals surface area contributed by atoms with Crippen molar-refractivity contribution in [1.29, 1.82) is 0 Å². The van der Waals surface area contributed by atoms with E-state index in [1.807, 2.05) is 0 Å². The Balaban J connectivity index is 3.27. The third-order valence-electron chi connectivity index (χ3n) is 1.17. The summed E-state index contributed by atoms with van der Waals surface area (Å²) in [5.41, 5.74) is -2.01. The van der Waals surface area contributed by atoms with Crippen molar-refractivity contribution in [3.05, 3.63) is 27.9 Å². The van der Waals surface area contributed by atoms with Crippen LogP contribution in [0.5, 0.6) is 0 Å². The van der Waals surface area contributed by atoms with Crippen LogP contribution in [0.3, 0.4) is 0 Å². The maximum absolute atomic E-state index is 11.9. The van der Waals surface area contributed by atoms with E-state index in [0.717, 1.165) is 6.07 Å². The number of hydrogen-bond acceptors (Lipinski definition) is 2. The van der Waals surface area contributed by atoms with Gasteiger partial charge in [-0.1, -0.05) is 0 Å². The van der Waals surface area contributed by atoms with Gasteiger partial charge in [-0.25, -0.2) is 4.79 Å². The number of rotatable bonds is 0. The molecular formula is C6H5F3N2O. The van der Waals surface area contributed by atoms with Gasteiger partial charge in [-0.15, -0.1) is 0 Å². The van der Waals surface area contributed by atoms with Crippen molar-refractivity contribution >= 4 is 0 Å². The van der Waals surface area contributed by atoms with Crippen molar-refractivity contribution in [3.8, 4) is 0 Å². The molecule has 0 spiro atoms. The lowest BCUT2D eigenvalue weighted by Crippen LogP contribution is -2.19. The molecule has 0 unspecified atom stereocenters. The van der Waals surface area contributed by atoms with E-state index in [1.165, 1.54) is 6.92 Å². The minimum absolute atomic E-state index is 0.141. The molecular weight excluding hydrogens is 173 g/mol. The van der Waals surface area contributed by atoms with Gasteiger partial charge in [-0.3, -0.25) is 0 Å². The van der Waals surface area contributed by atoms with Crippen LogP contribution in [0.25, 0.3) is 0 Å². The fourth-order valence-corrected chi connectivity index (χ4v) is 0.725. The average Bonchev–Trinajstić information content (AvgIpc) is 1.82. The molecule has 0 aromatic carbocycles. The minimum Gasteiger partial charge on any atom is -0.310 e. The number of H-pyrrole nitrogens is 1. The largest absolute Gasteiger partial charge is 0.433 e. The van der Waals surface area contributed by atoms with E-state index in [9.17, 15) is 18.0 Å². The molecule has 0 saturated heterocycles. The highest BCUT2D eigenvalue weighted by molar-refractivity contribution is 5.09. The van der Waals surface area contributed by atoms with Crippen LogP contribution in [0, 0.1) is 6.92 Å². The smallest absolute Gasteiger partial charge is 0.310 e. The first-order valence-electron chi connectivity index (χ1n) is 3.05. The highest BCUT2D eigenvalue weighted by Gasteiger charge is 2.32. The van der Waals surface area contributed by atoms with Gasteiger partial charge in [0, 0.05) is 5.69 Å². The van der Waals surface area contributed by atoms with Gasteiger partial charge < -0.3 is 4.98 Å². The Morgan fingerprint density at radius 3 is 2.50 bits per heavy atom. The second-order valence-corrected chi connectivity index (χ2v) is 2.25. The Morgan fingerprint density at radius 2 is 2.08 bits per heavy atom. The SMILES string of the molecule is Cc1cc(C(F)(F)F)nc(=O)[nH]1. The Morgan fingerprint density at radius 1 is 1.50 bits per heavy atom. The van der Waals surface area contributed by atoms with Gasteiger partial charge in [0.2, 0.25) is 0 Å². The summed E-state index contributed by atoms with van der Waals surface area (Å²) in [5.74, 6) is 0. The summed E-state index contributed by atoms with van der Waals surface area (Å²) in [6.07, 6.45) is -4.56. The Bertz CT molecular complexity index is 341. The Kier molecular flexibility index (Phi) is 1.91. The Labute approximate surface area is 65.3 Å². The summed E-state index contributed by atoms with van der Waals surface area (Å²) in [6, 6.07) is 0.779. The van der Waals surface area contributed by atoms with E-state index in [1.54, 1.807) is 0 Å². The normalized spacial score (nSPS) is 11.7. The molecule has 12 heavy (non-hydrogen) atoms. The summed E-state index contributed by atoms with van der Waals surface area (Å²) in [6.45, 7) is 1.36. The van der Waals surface area contributed by atoms with Gasteiger partial charge in [0.25, 0.3) is 0 Å². The molecule has 0 aliphatic rings. The fourth-order valence-electron chi connectivity index (χ4n) is 0.725. The van der Waals surface area contributed by atoms with Crippen molar-refractivity contribution in [2.75, 3.05) is 0 Å². The minimum atomic E-state index is -4.56. The molecule has 1 rings (SSSR count). The Hall–Kier alpha value is -1.33. The molecule has 0 radical (unpaired) electrons. The highest BCUT2D eigenvalue weighted by atomic mass is 19.4. The number of hydrogen-bond donors (Lipinski definition) is 1. The summed E-state index contributed by atoms with van der Waals surface area (Å²) in [7, 11) is 0. The van der Waals surface area contributed by atoms with Gasteiger partial charge in [-0.2, -0.15) is 18.2 Å². The zero-order chi connectivity index (χ0) is 9.35. The third kappa shape index (κ3) is 1.84. The van der Waals surface area contributed by atoms with Crippen molar-refractivity contribution < 1.29 is 13.2 Å². The van der Waals surface area contributed by atoms with Crippen molar-refractivity contribution in [2.24, 2.45) is 0 Å². The number of alkyl halides is 3. The zero-order valence-corrected chi connectivity index (χ0v) is 6.07. The molecule has 3 nitrogen and oxygen atoms in total. The topological polar surface area (TPSA) is 45.8 Å². The van der Waals surface area contributed by atoms with Gasteiger partial charge in [0.1, 0.15) is 0 Å². The van der Waals surface area contributed by atoms with Gasteiger partial charge >= 0.3 is 11.9 Å². The van der Waals surface area contributed by atoms with E-state index >= 15 is 0 Å². The van der Waals surface area contributed by atoms with E-state index in [-0.39, 0.29) is 5.69 Å². The summed E-state index contributed by atoms with van der Waals surface area (Å²) in [4.78, 5) is 15.4. The first kappa shape index (κ1) is 8.76. The molecule has 1 heterocycles. The van der Waals surface area contributed by atoms with Crippen LogP contribution in [0.15, 0.2) is 10.9 Å². The molecule has 0 amide bonds. The van der Waals surface area contributed by atoms with Crippen LogP contribution >= 0.6 is 0 Å². The van der Waals surface area contributed by atoms with Gasteiger partial charge in [0.15, 0.2) is 5.69 Å². The van der Waals surface area contributed by atoms with Crippen molar-refractivity contribution in [2.45, 2.75) is 13.1 Å². The van der Waals surface area contributed by atoms with E-state index < -0.39 is 17.6 Å². The quantitative estimate of drug-likeness (QED) is 0.646. The first-order chi connectivity index (χ1) is 5.39. The third-order valence-corrected chi connectivity index (χ3v) is 1.17. The van der Waals surface area contributed by atoms with Crippen LogP contribution in [-0.2, 0) is 6.18 Å². The summed E-state index contributed by atoms with van der Waals surface area (Å²) >= 11 is 0. The van der Waals surface area contributed by atoms with E-state index in [4.69, 9.17) is 0 Å². The molecule has 0 saturated carbocycles. The molecule has 1 aromatic heterocycles. The monoisotopic (exact) mass is 178 g/mol. The first-order valence-corrected chi connectivity index (χ1v) is 3.05. The number of nitrogens with one attached hydrogen (secondary N) is 1. The second-order valence-electron chi connectivity index (χ2n) is 2.25. The second kappa shape index (κ2) is 2.62. The number of aryl methyl sites for hydroxylation is 1. The molecule has 1 N–H and O–H groups in total. The molecule has 0 bridgehead atoms. The zero-order valence-electron chi connectivity index (χ0n) is 6.07. The van der Waals surface area contributed by atoms with Crippen molar-refractivity contribution in [3.63, 3.8) is 0 Å². The lowest BCUT2D eigenvalue weighted by atomic mass is 10.3. The van der Waals surface area contributed by atoms with Crippen LogP contribution in [0.4, 0.5) is 13.2 Å². The number of halogens is 3. The van der Waals surface area contributed by atoms with E-state index in [0.29, 0.717) is 0 Å². The van der Waals surface area contributed by atoms with Gasteiger partial charge in [0.05, 0.1) is 0 Å². The summed E-state index contributed by atoms with van der Waals surface area (Å²) in [5, 5.41) is 0. The maximum Gasteiger partial charge on any atom is 0.433 e. The maximum atomic E-state index is 11.9. The van der Waals surface area contributed by atoms with Crippen LogP contribution < -0.4 is 5.69 Å². The number of nitrogens with zero attached hydrogens (tertiary/aromatic N) is 1.